The molecule has 0 bridgehead atoms. The highest BCUT2D eigenvalue weighted by Crippen LogP contribution is 2.57. The summed E-state index contributed by atoms with van der Waals surface area (Å²) in [7, 11) is 0. The molecule has 0 spiro atoms. The summed E-state index contributed by atoms with van der Waals surface area (Å²) < 4.78 is 49.6. The van der Waals surface area contributed by atoms with Crippen LogP contribution in [0.15, 0.2) is 104 Å². The number of hydrogen-bond acceptors (Lipinski definition) is 2. The number of alkyl halides is 3. The third-order valence-corrected chi connectivity index (χ3v) is 7.74. The van der Waals surface area contributed by atoms with E-state index >= 15 is 0 Å². The Labute approximate surface area is 218 Å². The van der Waals surface area contributed by atoms with Crippen molar-refractivity contribution in [3.8, 4) is 22.3 Å². The van der Waals surface area contributed by atoms with E-state index in [9.17, 15) is 18.0 Å². The molecule has 0 N–H and O–H groups in total. The Hall–Kier alpha value is -4.38. The molecular weight excluding hydrogens is 485 g/mol. The van der Waals surface area contributed by atoms with Crippen LogP contribution in [0.3, 0.4) is 0 Å². The highest BCUT2D eigenvalue weighted by Gasteiger charge is 2.58. The van der Waals surface area contributed by atoms with Crippen LogP contribution in [0.25, 0.3) is 43.8 Å². The Morgan fingerprint density at radius 3 is 1.97 bits per heavy atom. The first kappa shape index (κ1) is 24.0. The molecule has 0 aromatic heterocycles. The molecule has 5 aromatic carbocycles. The average molecular weight is 509 g/mol. The minimum Gasteiger partial charge on any atom is -0.458 e. The van der Waals surface area contributed by atoms with Crippen molar-refractivity contribution in [3.05, 3.63) is 120 Å². The SMILES string of the molecule is C=CC(=O)OCc1c2ccccc2c(-c2ccc3c(c2)C(C)(C(F)(F)F)c2ccccc2-3)c2ccccc12. The number of halogens is 3. The first-order valence-electron chi connectivity index (χ1n) is 12.3. The fourth-order valence-corrected chi connectivity index (χ4v) is 5.84. The molecule has 0 radical (unpaired) electrons. The molecule has 2 nitrogen and oxygen atoms in total. The highest BCUT2D eigenvalue weighted by molar-refractivity contribution is 6.15. The zero-order valence-corrected chi connectivity index (χ0v) is 20.6. The first-order valence-corrected chi connectivity index (χ1v) is 12.3. The quantitative estimate of drug-likeness (QED) is 0.138. The van der Waals surface area contributed by atoms with Gasteiger partial charge in [0.25, 0.3) is 0 Å². The minimum absolute atomic E-state index is 0.0534. The second-order valence-electron chi connectivity index (χ2n) is 9.69. The summed E-state index contributed by atoms with van der Waals surface area (Å²) in [6.07, 6.45) is -3.35. The Balaban J connectivity index is 1.65. The van der Waals surface area contributed by atoms with E-state index in [4.69, 9.17) is 4.74 Å². The van der Waals surface area contributed by atoms with Crippen LogP contribution >= 0.6 is 0 Å². The van der Waals surface area contributed by atoms with Gasteiger partial charge in [-0.25, -0.2) is 4.79 Å². The van der Waals surface area contributed by atoms with Crippen LogP contribution in [0.1, 0.15) is 23.6 Å². The number of hydrogen-bond donors (Lipinski definition) is 0. The topological polar surface area (TPSA) is 26.3 Å². The van der Waals surface area contributed by atoms with Crippen molar-refractivity contribution in [1.82, 2.24) is 0 Å². The molecule has 0 heterocycles. The second-order valence-corrected chi connectivity index (χ2v) is 9.69. The van der Waals surface area contributed by atoms with Crippen LogP contribution in [0.2, 0.25) is 0 Å². The van der Waals surface area contributed by atoms with E-state index in [1.165, 1.54) is 6.92 Å². The third-order valence-electron chi connectivity index (χ3n) is 7.74. The second kappa shape index (κ2) is 8.59. The van der Waals surface area contributed by atoms with Gasteiger partial charge in [0.05, 0.1) is 0 Å². The maximum atomic E-state index is 14.7. The molecule has 0 aliphatic heterocycles. The molecule has 0 fully saturated rings. The first-order chi connectivity index (χ1) is 18.3. The molecule has 1 aliphatic rings. The summed E-state index contributed by atoms with van der Waals surface area (Å²) >= 11 is 0. The maximum absolute atomic E-state index is 14.7. The van der Waals surface area contributed by atoms with Gasteiger partial charge in [0.15, 0.2) is 0 Å². The zero-order valence-electron chi connectivity index (χ0n) is 20.6. The number of carbonyl (C=O) groups excluding carboxylic acids is 1. The standard InChI is InChI=1S/C33H23F3O2/c1-3-30(37)38-19-27-21-10-4-6-13-25(21)31(26-14-7-5-11-22(26)27)20-16-17-24-23-12-8-9-15-28(23)32(2,29(24)18-20)33(34,35)36/h3-18H,1,19H2,2H3. The number of rotatable bonds is 4. The summed E-state index contributed by atoms with van der Waals surface area (Å²) in [6.45, 7) is 4.80. The van der Waals surface area contributed by atoms with E-state index in [-0.39, 0.29) is 17.7 Å². The largest absolute Gasteiger partial charge is 0.458 e. The summed E-state index contributed by atoms with van der Waals surface area (Å²) in [6, 6.07) is 27.6. The van der Waals surface area contributed by atoms with Gasteiger partial charge in [-0.3, -0.25) is 0 Å². The number of ether oxygens (including phenoxy) is 1. The Bertz CT molecular complexity index is 1710. The number of carbonyl (C=O) groups is 1. The highest BCUT2D eigenvalue weighted by atomic mass is 19.4. The lowest BCUT2D eigenvalue weighted by atomic mass is 9.78. The Morgan fingerprint density at radius 2 is 1.37 bits per heavy atom. The number of fused-ring (bicyclic) bond motifs is 5. The van der Waals surface area contributed by atoms with Gasteiger partial charge in [-0.2, -0.15) is 13.2 Å². The fraction of sp³-hybridized carbons (Fsp3) is 0.121. The van der Waals surface area contributed by atoms with Crippen molar-refractivity contribution >= 4 is 27.5 Å². The molecule has 1 atom stereocenters. The molecular formula is C33H23F3O2. The monoisotopic (exact) mass is 508 g/mol. The summed E-state index contributed by atoms with van der Waals surface area (Å²) in [5.74, 6) is -0.521. The van der Waals surface area contributed by atoms with Crippen molar-refractivity contribution in [2.75, 3.05) is 0 Å². The third kappa shape index (κ3) is 3.38. The molecule has 1 aliphatic carbocycles. The van der Waals surface area contributed by atoms with Crippen molar-refractivity contribution in [3.63, 3.8) is 0 Å². The van der Waals surface area contributed by atoms with E-state index in [1.807, 2.05) is 60.7 Å². The van der Waals surface area contributed by atoms with E-state index in [0.717, 1.165) is 38.7 Å². The van der Waals surface area contributed by atoms with Crippen LogP contribution < -0.4 is 0 Å². The molecule has 0 saturated carbocycles. The number of benzene rings is 5. The van der Waals surface area contributed by atoms with E-state index in [0.29, 0.717) is 16.7 Å². The maximum Gasteiger partial charge on any atom is 0.402 e. The summed E-state index contributed by atoms with van der Waals surface area (Å²) in [5.41, 5.74) is 2.00. The molecule has 38 heavy (non-hydrogen) atoms. The fourth-order valence-electron chi connectivity index (χ4n) is 5.84. The van der Waals surface area contributed by atoms with Gasteiger partial charge in [0, 0.05) is 11.6 Å². The summed E-state index contributed by atoms with van der Waals surface area (Å²) in [4.78, 5) is 11.9. The smallest absolute Gasteiger partial charge is 0.402 e. The van der Waals surface area contributed by atoms with Crippen LogP contribution in [-0.2, 0) is 21.6 Å². The normalized spacial score (nSPS) is 16.3. The Morgan fingerprint density at radius 1 is 0.816 bits per heavy atom. The van der Waals surface area contributed by atoms with Crippen LogP contribution in [0.5, 0.6) is 0 Å². The number of esters is 1. The minimum atomic E-state index is -4.48. The van der Waals surface area contributed by atoms with Crippen molar-refractivity contribution in [1.29, 1.82) is 0 Å². The van der Waals surface area contributed by atoms with Crippen molar-refractivity contribution in [2.45, 2.75) is 25.1 Å². The van der Waals surface area contributed by atoms with E-state index in [2.05, 4.69) is 6.58 Å². The lowest BCUT2D eigenvalue weighted by molar-refractivity contribution is -0.172. The zero-order chi connectivity index (χ0) is 26.7. The Kier molecular flexibility index (Phi) is 5.42. The molecule has 1 unspecified atom stereocenters. The van der Waals surface area contributed by atoms with Crippen LogP contribution in [-0.4, -0.2) is 12.1 Å². The van der Waals surface area contributed by atoms with Gasteiger partial charge in [0.1, 0.15) is 12.0 Å². The molecule has 6 rings (SSSR count). The summed E-state index contributed by atoms with van der Waals surface area (Å²) in [5, 5.41) is 3.50. The molecule has 0 amide bonds. The van der Waals surface area contributed by atoms with Crippen LogP contribution in [0, 0.1) is 0 Å². The van der Waals surface area contributed by atoms with E-state index < -0.39 is 17.6 Å². The predicted octanol–water partition coefficient (Wildman–Crippen LogP) is 8.74. The lowest BCUT2D eigenvalue weighted by Gasteiger charge is -2.30. The molecule has 5 heteroatoms. The van der Waals surface area contributed by atoms with Crippen molar-refractivity contribution < 1.29 is 22.7 Å². The molecule has 5 aromatic rings. The van der Waals surface area contributed by atoms with Gasteiger partial charge in [-0.1, -0.05) is 91.5 Å². The van der Waals surface area contributed by atoms with Gasteiger partial charge in [-0.05, 0) is 67.9 Å². The van der Waals surface area contributed by atoms with Gasteiger partial charge >= 0.3 is 12.1 Å². The molecule has 0 saturated heterocycles. The van der Waals surface area contributed by atoms with Crippen molar-refractivity contribution in [2.24, 2.45) is 0 Å². The van der Waals surface area contributed by atoms with E-state index in [1.54, 1.807) is 30.3 Å². The average Bonchev–Trinajstić information content (AvgIpc) is 3.19. The van der Waals surface area contributed by atoms with Crippen LogP contribution in [0.4, 0.5) is 13.2 Å². The van der Waals surface area contributed by atoms with Gasteiger partial charge < -0.3 is 4.74 Å². The predicted molar refractivity (Wildman–Crippen MR) is 145 cm³/mol. The lowest BCUT2D eigenvalue weighted by Crippen LogP contribution is -2.38. The van der Waals surface area contributed by atoms with Gasteiger partial charge in [-0.15, -0.1) is 0 Å². The van der Waals surface area contributed by atoms with Gasteiger partial charge in [0.2, 0.25) is 0 Å². The molecule has 188 valence electrons.